The molecule has 8 heteroatoms. The number of hydrogen-bond donors (Lipinski definition) is 1. The van der Waals surface area contributed by atoms with Crippen LogP contribution < -0.4 is 15.6 Å². The third-order valence-corrected chi connectivity index (χ3v) is 4.87. The Bertz CT molecular complexity index is 1310. The Hall–Kier alpha value is -3.39. The van der Waals surface area contributed by atoms with Gasteiger partial charge in [-0.05, 0) is 49.7 Å². The van der Waals surface area contributed by atoms with Gasteiger partial charge in [0, 0.05) is 22.2 Å². The van der Waals surface area contributed by atoms with E-state index in [9.17, 15) is 9.59 Å². The summed E-state index contributed by atoms with van der Waals surface area (Å²) in [5.41, 5.74) is 2.59. The number of anilines is 1. The van der Waals surface area contributed by atoms with E-state index in [1.165, 1.54) is 6.07 Å². The summed E-state index contributed by atoms with van der Waals surface area (Å²) in [4.78, 5) is 29.2. The SMILES string of the molecule is Cc1ccc(NC(=O)c2cccc(Br)c2)c(OCc2cc(=O)n3oc(C)cc3n2)c1. The maximum Gasteiger partial charge on any atom is 0.287 e. The second-order valence-electron chi connectivity index (χ2n) is 6.84. The molecule has 0 radical (unpaired) electrons. The smallest absolute Gasteiger partial charge is 0.287 e. The van der Waals surface area contributed by atoms with E-state index in [1.54, 1.807) is 37.3 Å². The maximum absolute atomic E-state index is 12.6. The molecule has 0 atom stereocenters. The van der Waals surface area contributed by atoms with Crippen LogP contribution >= 0.6 is 15.9 Å². The molecular weight excluding hydrogens is 450 g/mol. The summed E-state index contributed by atoms with van der Waals surface area (Å²) in [7, 11) is 0. The fourth-order valence-corrected chi connectivity index (χ4v) is 3.37. The molecular formula is C22H18BrN3O4. The summed E-state index contributed by atoms with van der Waals surface area (Å²) in [5.74, 6) is 0.828. The van der Waals surface area contributed by atoms with Crippen molar-refractivity contribution < 1.29 is 14.1 Å². The number of hydrogen-bond acceptors (Lipinski definition) is 5. The highest BCUT2D eigenvalue weighted by atomic mass is 79.9. The van der Waals surface area contributed by atoms with Crippen LogP contribution in [0.4, 0.5) is 5.69 Å². The van der Waals surface area contributed by atoms with Gasteiger partial charge in [0.1, 0.15) is 18.1 Å². The summed E-state index contributed by atoms with van der Waals surface area (Å²) in [5, 5.41) is 2.88. The average molecular weight is 468 g/mol. The molecule has 2 aromatic heterocycles. The van der Waals surface area contributed by atoms with Gasteiger partial charge in [-0.25, -0.2) is 4.98 Å². The van der Waals surface area contributed by atoms with Gasteiger partial charge in [-0.2, -0.15) is 0 Å². The first-order valence-corrected chi connectivity index (χ1v) is 9.98. The lowest BCUT2D eigenvalue weighted by Crippen LogP contribution is -2.15. The second kappa shape index (κ2) is 8.16. The first-order chi connectivity index (χ1) is 14.4. The molecule has 30 heavy (non-hydrogen) atoms. The number of aryl methyl sites for hydroxylation is 2. The topological polar surface area (TPSA) is 85.8 Å². The summed E-state index contributed by atoms with van der Waals surface area (Å²) in [6.07, 6.45) is 0. The zero-order valence-electron chi connectivity index (χ0n) is 16.3. The first kappa shape index (κ1) is 19.9. The Morgan fingerprint density at radius 3 is 2.80 bits per heavy atom. The van der Waals surface area contributed by atoms with Gasteiger partial charge in [0.25, 0.3) is 11.5 Å². The van der Waals surface area contributed by atoms with Crippen molar-refractivity contribution in [2.45, 2.75) is 20.5 Å². The van der Waals surface area contributed by atoms with Gasteiger partial charge in [-0.15, -0.1) is 4.57 Å². The van der Waals surface area contributed by atoms with Gasteiger partial charge in [0.05, 0.1) is 11.4 Å². The molecule has 4 aromatic rings. The Morgan fingerprint density at radius 1 is 1.17 bits per heavy atom. The van der Waals surface area contributed by atoms with Crippen LogP contribution in [0.15, 0.2) is 68.4 Å². The van der Waals surface area contributed by atoms with E-state index in [0.29, 0.717) is 34.1 Å². The van der Waals surface area contributed by atoms with Crippen LogP contribution in [0, 0.1) is 13.8 Å². The molecule has 4 rings (SSSR count). The third-order valence-electron chi connectivity index (χ3n) is 4.37. The lowest BCUT2D eigenvalue weighted by Gasteiger charge is -2.13. The highest BCUT2D eigenvalue weighted by Crippen LogP contribution is 2.27. The summed E-state index contributed by atoms with van der Waals surface area (Å²) in [6.45, 7) is 3.74. The Balaban J connectivity index is 1.56. The molecule has 0 fully saturated rings. The maximum atomic E-state index is 12.6. The van der Waals surface area contributed by atoms with Crippen LogP contribution in [0.2, 0.25) is 0 Å². The molecule has 0 saturated carbocycles. The van der Waals surface area contributed by atoms with Gasteiger partial charge in [-0.3, -0.25) is 9.59 Å². The number of carbonyl (C=O) groups excluding carboxylic acids is 1. The molecule has 0 bridgehead atoms. The van der Waals surface area contributed by atoms with Crippen molar-refractivity contribution in [3.05, 3.63) is 92.0 Å². The van der Waals surface area contributed by atoms with E-state index < -0.39 is 0 Å². The van der Waals surface area contributed by atoms with Crippen LogP contribution in [0.25, 0.3) is 5.65 Å². The second-order valence-corrected chi connectivity index (χ2v) is 7.75. The van der Waals surface area contributed by atoms with Gasteiger partial charge in [0.15, 0.2) is 5.65 Å². The minimum absolute atomic E-state index is 0.0686. The van der Waals surface area contributed by atoms with Crippen LogP contribution in [0.1, 0.15) is 27.4 Å². The fraction of sp³-hybridized carbons (Fsp3) is 0.136. The zero-order chi connectivity index (χ0) is 21.3. The monoisotopic (exact) mass is 467 g/mol. The van der Waals surface area contributed by atoms with Crippen LogP contribution in [-0.2, 0) is 6.61 Å². The molecule has 2 aromatic carbocycles. The van der Waals surface area contributed by atoms with E-state index in [1.807, 2.05) is 25.1 Å². The van der Waals surface area contributed by atoms with Crippen molar-refractivity contribution in [3.63, 3.8) is 0 Å². The van der Waals surface area contributed by atoms with Crippen molar-refractivity contribution in [2.24, 2.45) is 0 Å². The third kappa shape index (κ3) is 4.28. The fourth-order valence-electron chi connectivity index (χ4n) is 2.98. The van der Waals surface area contributed by atoms with Crippen LogP contribution in [0.5, 0.6) is 5.75 Å². The number of ether oxygens (including phenoxy) is 1. The molecule has 152 valence electrons. The van der Waals surface area contributed by atoms with Gasteiger partial charge >= 0.3 is 0 Å². The van der Waals surface area contributed by atoms with Crippen molar-refractivity contribution in [2.75, 3.05) is 5.32 Å². The highest BCUT2D eigenvalue weighted by Gasteiger charge is 2.12. The van der Waals surface area contributed by atoms with Gasteiger partial charge in [-0.1, -0.05) is 28.1 Å². The van der Waals surface area contributed by atoms with E-state index >= 15 is 0 Å². The quantitative estimate of drug-likeness (QED) is 0.466. The van der Waals surface area contributed by atoms with E-state index in [-0.39, 0.29) is 18.1 Å². The summed E-state index contributed by atoms with van der Waals surface area (Å²) >= 11 is 3.37. The van der Waals surface area contributed by atoms with Crippen LogP contribution in [0.3, 0.4) is 0 Å². The Morgan fingerprint density at radius 2 is 2.00 bits per heavy atom. The van der Waals surface area contributed by atoms with E-state index in [2.05, 4.69) is 26.2 Å². The number of fused-ring (bicyclic) bond motifs is 1. The summed E-state index contributed by atoms with van der Waals surface area (Å²) < 4.78 is 13.2. The lowest BCUT2D eigenvalue weighted by atomic mass is 10.2. The van der Waals surface area contributed by atoms with Gasteiger partial charge < -0.3 is 14.6 Å². The molecule has 0 spiro atoms. The number of carbonyl (C=O) groups is 1. The minimum Gasteiger partial charge on any atom is -0.485 e. The lowest BCUT2D eigenvalue weighted by molar-refractivity contribution is 0.102. The number of halogens is 1. The minimum atomic E-state index is -0.320. The molecule has 0 aliphatic rings. The molecule has 7 nitrogen and oxygen atoms in total. The van der Waals surface area contributed by atoms with Crippen molar-refractivity contribution in [3.8, 4) is 5.75 Å². The van der Waals surface area contributed by atoms with Gasteiger partial charge in [0.2, 0.25) is 0 Å². The van der Waals surface area contributed by atoms with Crippen molar-refractivity contribution >= 4 is 33.2 Å². The molecule has 0 saturated heterocycles. The Kier molecular flexibility index (Phi) is 5.41. The molecule has 1 amide bonds. The number of nitrogens with one attached hydrogen (secondary N) is 1. The van der Waals surface area contributed by atoms with Crippen molar-refractivity contribution in [1.82, 2.24) is 9.56 Å². The largest absolute Gasteiger partial charge is 0.485 e. The molecule has 1 N–H and O–H groups in total. The van der Waals surface area contributed by atoms with Crippen LogP contribution in [-0.4, -0.2) is 15.5 Å². The predicted molar refractivity (Wildman–Crippen MR) is 116 cm³/mol. The highest BCUT2D eigenvalue weighted by molar-refractivity contribution is 9.10. The predicted octanol–water partition coefficient (Wildman–Crippen LogP) is 4.50. The summed E-state index contributed by atoms with van der Waals surface area (Å²) in [6, 6.07) is 15.7. The number of benzene rings is 2. The molecule has 0 aliphatic carbocycles. The number of amides is 1. The Labute approximate surface area is 180 Å². The van der Waals surface area contributed by atoms with E-state index in [4.69, 9.17) is 9.26 Å². The molecule has 0 unspecified atom stereocenters. The number of aromatic nitrogens is 2. The number of nitrogens with zero attached hydrogens (tertiary/aromatic N) is 2. The average Bonchev–Trinajstić information content (AvgIpc) is 3.09. The van der Waals surface area contributed by atoms with E-state index in [0.717, 1.165) is 14.6 Å². The zero-order valence-corrected chi connectivity index (χ0v) is 17.9. The first-order valence-electron chi connectivity index (χ1n) is 9.19. The molecule has 2 heterocycles. The van der Waals surface area contributed by atoms with Crippen molar-refractivity contribution in [1.29, 1.82) is 0 Å². The standard InChI is InChI=1S/C22H18BrN3O4/c1-13-6-7-18(25-22(28)15-4-3-5-16(23)10-15)19(8-13)29-12-17-11-21(27)26-20(24-17)9-14(2)30-26/h3-11H,12H2,1-2H3,(H,25,28). The molecule has 0 aliphatic heterocycles. The number of rotatable bonds is 5. The normalized spacial score (nSPS) is 10.9.